The summed E-state index contributed by atoms with van der Waals surface area (Å²) in [6.07, 6.45) is 1.38. The van der Waals surface area contributed by atoms with E-state index in [1.165, 1.54) is 7.11 Å². The number of benzene rings is 2. The molecule has 0 spiro atoms. The van der Waals surface area contributed by atoms with Gasteiger partial charge in [0.05, 0.1) is 38.8 Å². The molecule has 0 amide bonds. The highest BCUT2D eigenvalue weighted by molar-refractivity contribution is 7.95. The summed E-state index contributed by atoms with van der Waals surface area (Å²) < 4.78 is 54.6. The number of epoxide rings is 1. The Labute approximate surface area is 236 Å². The fourth-order valence-electron chi connectivity index (χ4n) is 6.12. The van der Waals surface area contributed by atoms with Crippen LogP contribution in [0.3, 0.4) is 0 Å². The molecule has 2 aromatic carbocycles. The second-order valence-electron chi connectivity index (χ2n) is 11.1. The predicted octanol–water partition coefficient (Wildman–Crippen LogP) is 1.96. The van der Waals surface area contributed by atoms with Gasteiger partial charge in [0.15, 0.2) is 5.75 Å². The number of rotatable bonds is 12. The third-order valence-electron chi connectivity index (χ3n) is 7.87. The predicted molar refractivity (Wildman–Crippen MR) is 143 cm³/mol. The maximum Gasteiger partial charge on any atom is 0.275 e. The first-order valence-electron chi connectivity index (χ1n) is 13.3. The van der Waals surface area contributed by atoms with Gasteiger partial charge in [-0.3, -0.25) is 0 Å². The van der Waals surface area contributed by atoms with Crippen LogP contribution in [0.5, 0.6) is 0 Å². The van der Waals surface area contributed by atoms with Gasteiger partial charge < -0.3 is 14.6 Å². The highest BCUT2D eigenvalue weighted by Gasteiger charge is 2.74. The van der Waals surface area contributed by atoms with Gasteiger partial charge in [-0.25, -0.2) is 0 Å². The first kappa shape index (κ1) is 30.5. The van der Waals surface area contributed by atoms with Gasteiger partial charge in [-0.1, -0.05) is 72.3 Å². The normalized spacial score (nSPS) is 30.8. The molecule has 6 atom stereocenters. The van der Waals surface area contributed by atoms with Gasteiger partial charge >= 0.3 is 0 Å². The van der Waals surface area contributed by atoms with Crippen molar-refractivity contribution >= 4 is 10.9 Å². The van der Waals surface area contributed by atoms with E-state index >= 15 is 0 Å². The van der Waals surface area contributed by atoms with Crippen LogP contribution in [-0.4, -0.2) is 47.5 Å². The highest BCUT2D eigenvalue weighted by atomic mass is 35.7. The molecule has 214 valence electrons. The molecule has 2 fully saturated rings. The summed E-state index contributed by atoms with van der Waals surface area (Å²) in [4.78, 5) is 0. The summed E-state index contributed by atoms with van der Waals surface area (Å²) in [5.41, 5.74) is 1.17. The topological polar surface area (TPSA) is 120 Å². The molecule has 1 heterocycles. The van der Waals surface area contributed by atoms with Crippen molar-refractivity contribution in [2.24, 2.45) is 5.92 Å². The quantitative estimate of drug-likeness (QED) is 0.232. The van der Waals surface area contributed by atoms with Crippen LogP contribution in [0.4, 0.5) is 0 Å². The molecule has 6 unspecified atom stereocenters. The minimum Gasteiger partial charge on any atom is -0.390 e. The second kappa shape index (κ2) is 12.6. The number of hydrogen-bond acceptors (Lipinski definition) is 7. The van der Waals surface area contributed by atoms with Gasteiger partial charge in [0.25, 0.3) is 5.60 Å². The standard InChI is InChI=1S/C30H40ClO7S/c1-22(2)15-16-26-29(3,37-26)28-27(36-4)25(32)17-18-30(28,38-31(33,34)35)21-39(19-23-11-7-5-8-12-23)20-24-13-9-6-10-14-24/h5-15,25-28,32H,16-21H2,1-4H3/q+1. The van der Waals surface area contributed by atoms with Crippen LogP contribution in [0, 0.1) is 16.2 Å². The molecule has 0 radical (unpaired) electrons. The minimum atomic E-state index is -4.76. The zero-order valence-electron chi connectivity index (χ0n) is 23.1. The van der Waals surface area contributed by atoms with Crippen LogP contribution in [0.15, 0.2) is 72.3 Å². The summed E-state index contributed by atoms with van der Waals surface area (Å²) >= 11 is 0. The Hall–Kier alpha value is -1.46. The van der Waals surface area contributed by atoms with E-state index in [0.717, 1.165) is 16.7 Å². The Morgan fingerprint density at radius 2 is 1.62 bits per heavy atom. The van der Waals surface area contributed by atoms with Gasteiger partial charge in [0.2, 0.25) is 0 Å². The molecule has 1 saturated heterocycles. The van der Waals surface area contributed by atoms with E-state index in [1.54, 1.807) is 0 Å². The molecule has 2 aliphatic rings. The highest BCUT2D eigenvalue weighted by Crippen LogP contribution is 2.56. The number of methoxy groups -OCH3 is 1. The average Bonchev–Trinajstić information content (AvgIpc) is 3.54. The lowest BCUT2D eigenvalue weighted by Crippen LogP contribution is -2.71. The molecular weight excluding hydrogens is 540 g/mol. The van der Waals surface area contributed by atoms with Crippen LogP contribution in [0.25, 0.3) is 0 Å². The van der Waals surface area contributed by atoms with Crippen molar-refractivity contribution in [2.45, 2.75) is 81.1 Å². The molecule has 2 aromatic rings. The van der Waals surface area contributed by atoms with Gasteiger partial charge in [0.1, 0.15) is 17.1 Å². The minimum absolute atomic E-state index is 0.203. The summed E-state index contributed by atoms with van der Waals surface area (Å²) in [6, 6.07) is 20.1. The van der Waals surface area contributed by atoms with E-state index in [4.69, 9.17) is 13.8 Å². The maximum atomic E-state index is 12.3. The molecule has 1 aliphatic carbocycles. The fourth-order valence-corrected chi connectivity index (χ4v) is 9.50. The first-order chi connectivity index (χ1) is 18.5. The van der Waals surface area contributed by atoms with Crippen LogP contribution in [-0.2, 0) is 36.2 Å². The third kappa shape index (κ3) is 7.64. The number of aliphatic hydroxyl groups excluding tert-OH is 1. The largest absolute Gasteiger partial charge is 0.390 e. The number of ether oxygens (including phenoxy) is 2. The zero-order valence-corrected chi connectivity index (χ0v) is 24.7. The summed E-state index contributed by atoms with van der Waals surface area (Å²) in [5, 5.41) is 11.0. The van der Waals surface area contributed by atoms with Gasteiger partial charge in [-0.05, 0) is 33.6 Å². The van der Waals surface area contributed by atoms with Gasteiger partial charge in [-0.15, -0.1) is 0 Å². The molecule has 4 rings (SSSR count). The maximum absolute atomic E-state index is 12.3. The van der Waals surface area contributed by atoms with Crippen LogP contribution >= 0.6 is 0 Å². The van der Waals surface area contributed by atoms with Crippen molar-refractivity contribution in [1.82, 2.24) is 0 Å². The summed E-state index contributed by atoms with van der Waals surface area (Å²) in [6.45, 7) is 5.94. The van der Waals surface area contributed by atoms with Crippen molar-refractivity contribution < 1.29 is 43.1 Å². The monoisotopic (exact) mass is 579 g/mol. The van der Waals surface area contributed by atoms with Crippen molar-refractivity contribution in [3.05, 3.63) is 83.4 Å². The molecule has 9 heteroatoms. The lowest BCUT2D eigenvalue weighted by Gasteiger charge is -2.45. The van der Waals surface area contributed by atoms with Crippen LogP contribution < -0.4 is 14.0 Å². The molecule has 0 bridgehead atoms. The van der Waals surface area contributed by atoms with Crippen LogP contribution in [0.1, 0.15) is 51.2 Å². The zero-order chi connectivity index (χ0) is 28.3. The SMILES string of the molecule is COC1C(O)CCC(C[S+](Cc2ccccc2)Cc2ccccc2)(O[Cl+3]([O-])([O-])[O-])C1C1(C)OC1CC=C(C)C. The van der Waals surface area contributed by atoms with E-state index in [9.17, 15) is 19.1 Å². The first-order valence-corrected chi connectivity index (χ1v) is 16.3. The molecule has 1 saturated carbocycles. The van der Waals surface area contributed by atoms with Crippen molar-refractivity contribution in [3.8, 4) is 0 Å². The smallest absolute Gasteiger partial charge is 0.275 e. The van der Waals surface area contributed by atoms with Crippen LogP contribution in [0.2, 0.25) is 0 Å². The Morgan fingerprint density at radius 1 is 1.05 bits per heavy atom. The number of hydrogen-bond donors (Lipinski definition) is 1. The van der Waals surface area contributed by atoms with Gasteiger partial charge in [-0.2, -0.15) is 14.0 Å². The molecule has 0 aromatic heterocycles. The second-order valence-corrected chi connectivity index (χ2v) is 14.1. The van der Waals surface area contributed by atoms with Crippen molar-refractivity contribution in [3.63, 3.8) is 0 Å². The van der Waals surface area contributed by atoms with E-state index in [2.05, 4.69) is 30.3 Å². The van der Waals surface area contributed by atoms with E-state index < -0.39 is 50.5 Å². The van der Waals surface area contributed by atoms with E-state index in [0.29, 0.717) is 23.7 Å². The Balaban J connectivity index is 1.75. The molecule has 39 heavy (non-hydrogen) atoms. The third-order valence-corrected chi connectivity index (χ3v) is 10.7. The number of allylic oxidation sites excluding steroid dienone is 1. The Morgan fingerprint density at radius 3 is 2.10 bits per heavy atom. The number of aliphatic hydroxyl groups is 1. The summed E-state index contributed by atoms with van der Waals surface area (Å²) in [5.74, 6) is 1.04. The average molecular weight is 580 g/mol. The number of halogens is 1. The fraction of sp³-hybridized carbons (Fsp3) is 0.533. The lowest BCUT2D eigenvalue weighted by atomic mass is 9.66. The van der Waals surface area contributed by atoms with Crippen molar-refractivity contribution in [2.75, 3.05) is 12.9 Å². The van der Waals surface area contributed by atoms with Gasteiger partial charge in [0, 0.05) is 35.6 Å². The lowest BCUT2D eigenvalue weighted by molar-refractivity contribution is -1.92. The molecular formula is C30H40ClO7S+. The van der Waals surface area contributed by atoms with Crippen molar-refractivity contribution in [1.29, 1.82) is 0 Å². The van der Waals surface area contributed by atoms with E-state index in [1.807, 2.05) is 57.2 Å². The van der Waals surface area contributed by atoms with E-state index in [-0.39, 0.29) is 18.9 Å². The summed E-state index contributed by atoms with van der Waals surface area (Å²) in [7, 11) is -3.66. The molecule has 1 N–H and O–H groups in total. The Kier molecular flexibility index (Phi) is 9.85. The molecule has 1 aliphatic heterocycles. The molecule has 7 nitrogen and oxygen atoms in total. The Bertz CT molecular complexity index is 1050.